The molecule has 0 bridgehead atoms. The highest BCUT2D eigenvalue weighted by atomic mass is 32.2. The maximum atomic E-state index is 12.8. The third kappa shape index (κ3) is 3.06. The first-order chi connectivity index (χ1) is 13.3. The number of sulfonamides is 1. The number of anilines is 2. The Morgan fingerprint density at radius 1 is 1.25 bits per heavy atom. The van der Waals surface area contributed by atoms with Crippen molar-refractivity contribution >= 4 is 44.0 Å². The number of nitrogens with one attached hydrogen (secondary N) is 1. The summed E-state index contributed by atoms with van der Waals surface area (Å²) in [6.07, 6.45) is 2.49. The molecule has 0 aromatic heterocycles. The van der Waals surface area contributed by atoms with Gasteiger partial charge in [0.2, 0.25) is 15.9 Å². The van der Waals surface area contributed by atoms with Gasteiger partial charge >= 0.3 is 0 Å². The lowest BCUT2D eigenvalue weighted by Crippen LogP contribution is -2.43. The van der Waals surface area contributed by atoms with Gasteiger partial charge in [-0.25, -0.2) is 12.7 Å². The van der Waals surface area contributed by atoms with E-state index in [-0.39, 0.29) is 24.3 Å². The topological polar surface area (TPSA) is 86.8 Å². The quantitative estimate of drug-likeness (QED) is 0.852. The molecule has 1 atom stereocenters. The number of carbonyl (C=O) groups is 2. The zero-order valence-corrected chi connectivity index (χ0v) is 16.8. The fourth-order valence-corrected chi connectivity index (χ4v) is 5.07. The fraction of sp³-hybridized carbons (Fsp3) is 0.400. The molecule has 1 N–H and O–H groups in total. The predicted molar refractivity (Wildman–Crippen MR) is 109 cm³/mol. The van der Waals surface area contributed by atoms with Crippen molar-refractivity contribution in [2.75, 3.05) is 36.1 Å². The second kappa shape index (κ2) is 6.86. The number of hydrogen-bond acceptors (Lipinski definition) is 4. The molecule has 2 heterocycles. The molecule has 2 aliphatic heterocycles. The summed E-state index contributed by atoms with van der Waals surface area (Å²) in [7, 11) is -3.31. The Morgan fingerprint density at radius 3 is 2.75 bits per heavy atom. The molecule has 1 fully saturated rings. The molecule has 0 radical (unpaired) electrons. The van der Waals surface area contributed by atoms with Gasteiger partial charge in [0.15, 0.2) is 0 Å². The lowest BCUT2D eigenvalue weighted by molar-refractivity contribution is -0.120. The number of benzene rings is 2. The summed E-state index contributed by atoms with van der Waals surface area (Å²) in [5, 5.41) is 4.64. The van der Waals surface area contributed by atoms with E-state index in [9.17, 15) is 18.0 Å². The molecule has 0 aliphatic carbocycles. The number of amides is 2. The Kier molecular flexibility index (Phi) is 4.63. The Labute approximate surface area is 164 Å². The summed E-state index contributed by atoms with van der Waals surface area (Å²) >= 11 is 0. The van der Waals surface area contributed by atoms with Gasteiger partial charge in [-0.1, -0.05) is 12.1 Å². The Balaban J connectivity index is 1.64. The van der Waals surface area contributed by atoms with Crippen molar-refractivity contribution in [1.82, 2.24) is 4.31 Å². The summed E-state index contributed by atoms with van der Waals surface area (Å²) in [6, 6.07) is 9.20. The molecule has 7 nitrogen and oxygen atoms in total. The maximum absolute atomic E-state index is 12.8. The van der Waals surface area contributed by atoms with Gasteiger partial charge in [0.1, 0.15) is 0 Å². The molecule has 1 unspecified atom stereocenters. The van der Waals surface area contributed by atoms with E-state index in [1.165, 1.54) is 10.6 Å². The van der Waals surface area contributed by atoms with Gasteiger partial charge in [0.05, 0.1) is 17.9 Å². The van der Waals surface area contributed by atoms with Gasteiger partial charge in [0, 0.05) is 41.7 Å². The van der Waals surface area contributed by atoms with E-state index >= 15 is 0 Å². The first-order valence-corrected chi connectivity index (χ1v) is 11.3. The average molecular weight is 401 g/mol. The van der Waals surface area contributed by atoms with Gasteiger partial charge in [-0.2, -0.15) is 0 Å². The molecule has 2 aromatic rings. The van der Waals surface area contributed by atoms with Crippen molar-refractivity contribution < 1.29 is 18.0 Å². The van der Waals surface area contributed by atoms with Crippen LogP contribution in [0.1, 0.15) is 30.1 Å². The minimum atomic E-state index is -3.31. The number of carbonyl (C=O) groups excluding carboxylic acids is 2. The zero-order valence-electron chi connectivity index (χ0n) is 15.9. The molecule has 4 rings (SSSR count). The standard InChI is InChI=1S/C20H23N3O4S/c1-3-23-17-10-9-16(14-7-4-8-15(18(14)17)20(23)25)21-19(24)13-6-5-11-22(12-13)28(2,26)27/h4,7-10,13H,3,5-6,11-12H2,1-2H3,(H,21,24). The highest BCUT2D eigenvalue weighted by Gasteiger charge is 2.32. The van der Waals surface area contributed by atoms with Gasteiger partial charge < -0.3 is 10.2 Å². The van der Waals surface area contributed by atoms with Crippen LogP contribution in [0.15, 0.2) is 30.3 Å². The van der Waals surface area contributed by atoms with Crippen LogP contribution in [0.3, 0.4) is 0 Å². The molecule has 0 spiro atoms. The monoisotopic (exact) mass is 401 g/mol. The summed E-state index contributed by atoms with van der Waals surface area (Å²) in [5.41, 5.74) is 2.15. The molecule has 2 aromatic carbocycles. The molecule has 28 heavy (non-hydrogen) atoms. The van der Waals surface area contributed by atoms with E-state index in [2.05, 4.69) is 5.32 Å². The smallest absolute Gasteiger partial charge is 0.258 e. The van der Waals surface area contributed by atoms with Crippen LogP contribution in [0.4, 0.5) is 11.4 Å². The van der Waals surface area contributed by atoms with Crippen molar-refractivity contribution in [2.45, 2.75) is 19.8 Å². The highest BCUT2D eigenvalue weighted by molar-refractivity contribution is 7.88. The molecule has 8 heteroatoms. The first-order valence-electron chi connectivity index (χ1n) is 9.45. The largest absolute Gasteiger partial charge is 0.325 e. The molecule has 1 saturated heterocycles. The minimum Gasteiger partial charge on any atom is -0.325 e. The number of rotatable bonds is 4. The van der Waals surface area contributed by atoms with Crippen LogP contribution < -0.4 is 10.2 Å². The maximum Gasteiger partial charge on any atom is 0.258 e. The van der Waals surface area contributed by atoms with Crippen molar-refractivity contribution in [3.8, 4) is 0 Å². The normalized spacial score (nSPS) is 20.0. The number of hydrogen-bond donors (Lipinski definition) is 1. The second-order valence-corrected chi connectivity index (χ2v) is 9.34. The number of piperidine rings is 1. The minimum absolute atomic E-state index is 0.0253. The Bertz CT molecular complexity index is 1080. The molecular formula is C20H23N3O4S. The van der Waals surface area contributed by atoms with E-state index < -0.39 is 10.0 Å². The summed E-state index contributed by atoms with van der Waals surface area (Å²) in [6.45, 7) is 3.17. The average Bonchev–Trinajstić information content (AvgIpc) is 2.96. The summed E-state index contributed by atoms with van der Waals surface area (Å²) < 4.78 is 25.0. The van der Waals surface area contributed by atoms with Crippen molar-refractivity contribution in [2.24, 2.45) is 5.92 Å². The van der Waals surface area contributed by atoms with Gasteiger partial charge in [-0.05, 0) is 38.0 Å². The van der Waals surface area contributed by atoms with Crippen LogP contribution >= 0.6 is 0 Å². The number of nitrogens with zero attached hydrogens (tertiary/aromatic N) is 2. The molecule has 2 aliphatic rings. The van der Waals surface area contributed by atoms with Crippen LogP contribution in [0, 0.1) is 5.92 Å². The molecule has 0 saturated carbocycles. The fourth-order valence-electron chi connectivity index (χ4n) is 4.16. The van der Waals surface area contributed by atoms with Gasteiger partial charge in [0.25, 0.3) is 5.91 Å². The van der Waals surface area contributed by atoms with Gasteiger partial charge in [-0.3, -0.25) is 9.59 Å². The molecule has 148 valence electrons. The summed E-state index contributed by atoms with van der Waals surface area (Å²) in [5.74, 6) is -0.603. The lowest BCUT2D eigenvalue weighted by Gasteiger charge is -2.30. The Hall–Kier alpha value is -2.45. The third-order valence-corrected chi connectivity index (χ3v) is 6.85. The molecular weight excluding hydrogens is 378 g/mol. The van der Waals surface area contributed by atoms with Crippen LogP contribution in [0.2, 0.25) is 0 Å². The van der Waals surface area contributed by atoms with E-state index in [4.69, 9.17) is 0 Å². The molecule has 2 amide bonds. The third-order valence-electron chi connectivity index (χ3n) is 5.58. The van der Waals surface area contributed by atoms with E-state index in [0.29, 0.717) is 37.2 Å². The van der Waals surface area contributed by atoms with Crippen molar-refractivity contribution in [1.29, 1.82) is 0 Å². The zero-order chi connectivity index (χ0) is 20.1. The van der Waals surface area contributed by atoms with Gasteiger partial charge in [-0.15, -0.1) is 0 Å². The lowest BCUT2D eigenvalue weighted by atomic mass is 9.98. The van der Waals surface area contributed by atoms with Crippen LogP contribution in [0.5, 0.6) is 0 Å². The Morgan fingerprint density at radius 2 is 2.04 bits per heavy atom. The van der Waals surface area contributed by atoms with Crippen molar-refractivity contribution in [3.05, 3.63) is 35.9 Å². The highest BCUT2D eigenvalue weighted by Crippen LogP contribution is 2.40. The summed E-state index contributed by atoms with van der Waals surface area (Å²) in [4.78, 5) is 27.2. The second-order valence-electron chi connectivity index (χ2n) is 7.36. The first kappa shape index (κ1) is 18.9. The van der Waals surface area contributed by atoms with Crippen LogP contribution in [0.25, 0.3) is 10.8 Å². The SMILES string of the molecule is CCN1C(=O)c2cccc3c(NC(=O)C4CCCN(S(C)(=O)=O)C4)ccc1c23. The van der Waals surface area contributed by atoms with Crippen LogP contribution in [-0.4, -0.2) is 50.4 Å². The van der Waals surface area contributed by atoms with E-state index in [0.717, 1.165) is 16.5 Å². The van der Waals surface area contributed by atoms with Crippen molar-refractivity contribution in [3.63, 3.8) is 0 Å². The van der Waals surface area contributed by atoms with Crippen LogP contribution in [-0.2, 0) is 14.8 Å². The van der Waals surface area contributed by atoms with E-state index in [1.807, 2.05) is 31.2 Å². The predicted octanol–water partition coefficient (Wildman–Crippen LogP) is 2.43. The van der Waals surface area contributed by atoms with E-state index in [1.54, 1.807) is 11.0 Å².